The van der Waals surface area contributed by atoms with Gasteiger partial charge in [0.15, 0.2) is 0 Å². The minimum atomic E-state index is -0.773. The van der Waals surface area contributed by atoms with Crippen LogP contribution in [0.5, 0.6) is 0 Å². The van der Waals surface area contributed by atoms with E-state index in [1.54, 1.807) is 12.1 Å². The van der Waals surface area contributed by atoms with Gasteiger partial charge < -0.3 is 10.4 Å². The van der Waals surface area contributed by atoms with Gasteiger partial charge in [-0.25, -0.2) is 0 Å². The van der Waals surface area contributed by atoms with Crippen LogP contribution in [0.2, 0.25) is 5.02 Å². The molecule has 0 radical (unpaired) electrons. The molecule has 20 heavy (non-hydrogen) atoms. The summed E-state index contributed by atoms with van der Waals surface area (Å²) in [5.41, 5.74) is 0.709. The van der Waals surface area contributed by atoms with Crippen molar-refractivity contribution in [2.75, 3.05) is 6.54 Å². The Kier molecular flexibility index (Phi) is 4.71. The van der Waals surface area contributed by atoms with E-state index in [-0.39, 0.29) is 5.91 Å². The number of carbonyl (C=O) groups excluding carboxylic acids is 1. The molecule has 0 aromatic heterocycles. The van der Waals surface area contributed by atoms with Crippen molar-refractivity contribution in [2.45, 2.75) is 45.1 Å². The maximum atomic E-state index is 12.1. The Morgan fingerprint density at radius 1 is 1.55 bits per heavy atom. The van der Waals surface area contributed by atoms with Crippen LogP contribution in [0.25, 0.3) is 0 Å². The van der Waals surface area contributed by atoms with Gasteiger partial charge in [0.2, 0.25) is 0 Å². The molecule has 110 valence electrons. The third-order valence-electron chi connectivity index (χ3n) is 4.01. The molecule has 1 aliphatic carbocycles. The first kappa shape index (κ1) is 15.3. The molecule has 1 saturated carbocycles. The van der Waals surface area contributed by atoms with Crippen LogP contribution in [0.4, 0.5) is 0 Å². The van der Waals surface area contributed by atoms with Gasteiger partial charge in [-0.3, -0.25) is 4.79 Å². The molecular weight excluding hydrogens is 274 g/mol. The van der Waals surface area contributed by atoms with E-state index in [0.29, 0.717) is 23.0 Å². The van der Waals surface area contributed by atoms with Gasteiger partial charge in [-0.15, -0.1) is 0 Å². The molecule has 2 rings (SSSR count). The van der Waals surface area contributed by atoms with Crippen molar-refractivity contribution in [2.24, 2.45) is 5.92 Å². The molecule has 0 aliphatic heterocycles. The van der Waals surface area contributed by atoms with Gasteiger partial charge in [0.1, 0.15) is 0 Å². The number of amides is 1. The lowest BCUT2D eigenvalue weighted by molar-refractivity contribution is -0.0109. The lowest BCUT2D eigenvalue weighted by atomic mass is 9.79. The number of carbonyl (C=O) groups is 1. The monoisotopic (exact) mass is 295 g/mol. The van der Waals surface area contributed by atoms with E-state index in [1.165, 1.54) is 0 Å². The molecule has 1 amide bonds. The summed E-state index contributed by atoms with van der Waals surface area (Å²) >= 11 is 6.08. The highest BCUT2D eigenvalue weighted by Crippen LogP contribution is 2.31. The van der Waals surface area contributed by atoms with Crippen LogP contribution < -0.4 is 5.32 Å². The molecule has 1 aromatic carbocycles. The van der Waals surface area contributed by atoms with E-state index in [1.807, 2.05) is 13.0 Å². The average molecular weight is 296 g/mol. The molecule has 0 spiro atoms. The maximum absolute atomic E-state index is 12.1. The van der Waals surface area contributed by atoms with Crippen LogP contribution in [-0.4, -0.2) is 23.2 Å². The van der Waals surface area contributed by atoms with Crippen LogP contribution in [0, 0.1) is 12.8 Å². The van der Waals surface area contributed by atoms with Crippen LogP contribution in [0.3, 0.4) is 0 Å². The van der Waals surface area contributed by atoms with Crippen LogP contribution >= 0.6 is 11.6 Å². The molecule has 0 saturated heterocycles. The summed E-state index contributed by atoms with van der Waals surface area (Å²) in [6.07, 6.45) is 3.66. The van der Waals surface area contributed by atoms with Crippen molar-refractivity contribution >= 4 is 17.5 Å². The van der Waals surface area contributed by atoms with Crippen molar-refractivity contribution in [3.8, 4) is 0 Å². The maximum Gasteiger partial charge on any atom is 0.252 e. The fraction of sp³-hybridized carbons (Fsp3) is 0.562. The Morgan fingerprint density at radius 2 is 2.30 bits per heavy atom. The summed E-state index contributed by atoms with van der Waals surface area (Å²) in [6.45, 7) is 4.36. The molecule has 3 nitrogen and oxygen atoms in total. The molecule has 2 N–H and O–H groups in total. The molecule has 0 heterocycles. The SMILES string of the molecule is Cc1ccc(C(=O)NCC2(O)CCCC(C)C2)c(Cl)c1. The molecule has 1 aliphatic rings. The normalized spacial score (nSPS) is 26.3. The minimum Gasteiger partial charge on any atom is -0.388 e. The highest BCUT2D eigenvalue weighted by Gasteiger charge is 2.33. The minimum absolute atomic E-state index is 0.221. The van der Waals surface area contributed by atoms with Crippen molar-refractivity contribution < 1.29 is 9.90 Å². The first-order valence-corrected chi connectivity index (χ1v) is 7.54. The molecule has 2 atom stereocenters. The van der Waals surface area contributed by atoms with Gasteiger partial charge in [-0.1, -0.05) is 37.4 Å². The van der Waals surface area contributed by atoms with Gasteiger partial charge in [0.05, 0.1) is 16.2 Å². The summed E-state index contributed by atoms with van der Waals surface area (Å²) in [5, 5.41) is 13.8. The number of halogens is 1. The number of benzene rings is 1. The molecule has 4 heteroatoms. The zero-order valence-corrected chi connectivity index (χ0v) is 12.8. The first-order chi connectivity index (χ1) is 9.39. The van der Waals surface area contributed by atoms with E-state index >= 15 is 0 Å². The van der Waals surface area contributed by atoms with Crippen molar-refractivity contribution in [1.29, 1.82) is 0 Å². The summed E-state index contributed by atoms with van der Waals surface area (Å²) in [7, 11) is 0. The number of nitrogens with one attached hydrogen (secondary N) is 1. The van der Waals surface area contributed by atoms with Crippen LogP contribution in [0.15, 0.2) is 18.2 Å². The lowest BCUT2D eigenvalue weighted by Crippen LogP contribution is -2.45. The number of hydrogen-bond donors (Lipinski definition) is 2. The Balaban J connectivity index is 1.98. The second-order valence-electron chi connectivity index (χ2n) is 6.09. The second-order valence-corrected chi connectivity index (χ2v) is 6.50. The van der Waals surface area contributed by atoms with Crippen LogP contribution in [-0.2, 0) is 0 Å². The zero-order valence-electron chi connectivity index (χ0n) is 12.1. The largest absolute Gasteiger partial charge is 0.388 e. The number of rotatable bonds is 3. The van der Waals surface area contributed by atoms with Crippen LogP contribution in [0.1, 0.15) is 48.5 Å². The van der Waals surface area contributed by atoms with E-state index < -0.39 is 5.60 Å². The lowest BCUT2D eigenvalue weighted by Gasteiger charge is -2.35. The number of aliphatic hydroxyl groups is 1. The number of hydrogen-bond acceptors (Lipinski definition) is 2. The Hall–Kier alpha value is -1.06. The highest BCUT2D eigenvalue weighted by atomic mass is 35.5. The summed E-state index contributed by atoms with van der Waals surface area (Å²) in [4.78, 5) is 12.1. The van der Waals surface area contributed by atoms with Crippen molar-refractivity contribution in [1.82, 2.24) is 5.32 Å². The zero-order chi connectivity index (χ0) is 14.8. The van der Waals surface area contributed by atoms with Gasteiger partial charge in [-0.05, 0) is 43.4 Å². The van der Waals surface area contributed by atoms with Gasteiger partial charge in [0.25, 0.3) is 5.91 Å². The third kappa shape index (κ3) is 3.74. The average Bonchev–Trinajstić information content (AvgIpc) is 2.36. The Bertz CT molecular complexity index is 503. The van der Waals surface area contributed by atoms with Gasteiger partial charge >= 0.3 is 0 Å². The topological polar surface area (TPSA) is 49.3 Å². The van der Waals surface area contributed by atoms with E-state index in [2.05, 4.69) is 12.2 Å². The molecular formula is C16H22ClNO2. The predicted molar refractivity (Wildman–Crippen MR) is 81.1 cm³/mol. The first-order valence-electron chi connectivity index (χ1n) is 7.16. The van der Waals surface area contributed by atoms with Crippen molar-refractivity contribution in [3.63, 3.8) is 0 Å². The predicted octanol–water partition coefficient (Wildman–Crippen LogP) is 3.32. The van der Waals surface area contributed by atoms with E-state index in [0.717, 1.165) is 31.2 Å². The smallest absolute Gasteiger partial charge is 0.252 e. The summed E-state index contributed by atoms with van der Waals surface area (Å²) in [6, 6.07) is 5.35. The Labute approximate surface area is 125 Å². The van der Waals surface area contributed by atoms with E-state index in [9.17, 15) is 9.90 Å². The Morgan fingerprint density at radius 3 is 2.95 bits per heavy atom. The van der Waals surface area contributed by atoms with E-state index in [4.69, 9.17) is 11.6 Å². The molecule has 2 unspecified atom stereocenters. The highest BCUT2D eigenvalue weighted by molar-refractivity contribution is 6.33. The quantitative estimate of drug-likeness (QED) is 0.899. The fourth-order valence-corrected chi connectivity index (χ4v) is 3.26. The van der Waals surface area contributed by atoms with Gasteiger partial charge in [0, 0.05) is 6.54 Å². The summed E-state index contributed by atoms with van der Waals surface area (Å²) < 4.78 is 0. The standard InChI is InChI=1S/C16H22ClNO2/c1-11-5-6-13(14(17)8-11)15(19)18-10-16(20)7-3-4-12(2)9-16/h5-6,8,12,20H,3-4,7,9-10H2,1-2H3,(H,18,19). The molecule has 0 bridgehead atoms. The number of aryl methyl sites for hydroxylation is 1. The fourth-order valence-electron chi connectivity index (χ4n) is 2.94. The van der Waals surface area contributed by atoms with Gasteiger partial charge in [-0.2, -0.15) is 0 Å². The summed E-state index contributed by atoms with van der Waals surface area (Å²) in [5.74, 6) is 0.287. The molecule has 1 aromatic rings. The third-order valence-corrected chi connectivity index (χ3v) is 4.33. The van der Waals surface area contributed by atoms with Crippen molar-refractivity contribution in [3.05, 3.63) is 34.3 Å². The molecule has 1 fully saturated rings. The second kappa shape index (κ2) is 6.15.